The zero-order chi connectivity index (χ0) is 18.0. The van der Waals surface area contributed by atoms with E-state index in [0.29, 0.717) is 17.4 Å². The Hall–Kier alpha value is -0.920. The van der Waals surface area contributed by atoms with Gasteiger partial charge >= 0.3 is 0 Å². The van der Waals surface area contributed by atoms with Crippen molar-refractivity contribution in [1.29, 1.82) is 0 Å². The molecule has 2 aliphatic heterocycles. The number of sulfone groups is 1. The first-order valence-corrected chi connectivity index (χ1v) is 11.4. The van der Waals surface area contributed by atoms with Gasteiger partial charge in [-0.15, -0.1) is 0 Å². The lowest BCUT2D eigenvalue weighted by Crippen LogP contribution is -2.59. The van der Waals surface area contributed by atoms with Crippen LogP contribution >= 0.6 is 0 Å². The summed E-state index contributed by atoms with van der Waals surface area (Å²) in [6.45, 7) is 10.2. The molecule has 6 nitrogen and oxygen atoms in total. The van der Waals surface area contributed by atoms with Crippen molar-refractivity contribution < 1.29 is 8.42 Å². The van der Waals surface area contributed by atoms with Crippen LogP contribution in [0.15, 0.2) is 6.20 Å². The maximum Gasteiger partial charge on any atom is 0.153 e. The lowest BCUT2D eigenvalue weighted by Gasteiger charge is -2.44. The van der Waals surface area contributed by atoms with Gasteiger partial charge in [0.2, 0.25) is 0 Å². The molecular formula is C18H32N4O2S. The lowest BCUT2D eigenvalue weighted by molar-refractivity contribution is 0.0331. The van der Waals surface area contributed by atoms with Crippen LogP contribution in [0.25, 0.3) is 0 Å². The van der Waals surface area contributed by atoms with Crippen LogP contribution in [0.2, 0.25) is 0 Å². The van der Waals surface area contributed by atoms with Gasteiger partial charge in [0, 0.05) is 56.6 Å². The van der Waals surface area contributed by atoms with Crippen LogP contribution in [0.4, 0.5) is 0 Å². The van der Waals surface area contributed by atoms with Gasteiger partial charge in [0.1, 0.15) is 5.82 Å². The van der Waals surface area contributed by atoms with E-state index in [-0.39, 0.29) is 12.1 Å². The predicted molar refractivity (Wildman–Crippen MR) is 100 cm³/mol. The van der Waals surface area contributed by atoms with Crippen LogP contribution in [-0.4, -0.2) is 71.4 Å². The van der Waals surface area contributed by atoms with Gasteiger partial charge in [-0.05, 0) is 12.3 Å². The van der Waals surface area contributed by atoms with E-state index >= 15 is 0 Å². The molecule has 0 saturated carbocycles. The molecule has 2 saturated heterocycles. The minimum atomic E-state index is -2.94. The molecule has 0 aliphatic carbocycles. The first kappa shape index (κ1) is 18.9. The molecule has 0 amide bonds. The second-order valence-corrected chi connectivity index (χ2v) is 10.2. The number of fused-ring (bicyclic) bond motifs is 1. The number of nitrogens with zero attached hydrogens (tertiary/aromatic N) is 3. The first-order valence-electron chi connectivity index (χ1n) is 9.59. The van der Waals surface area contributed by atoms with Gasteiger partial charge in [0.25, 0.3) is 0 Å². The molecule has 1 aromatic rings. The topological polar surface area (TPSA) is 69.3 Å². The Morgan fingerprint density at radius 3 is 2.60 bits per heavy atom. The Labute approximate surface area is 151 Å². The molecule has 0 radical (unpaired) electrons. The van der Waals surface area contributed by atoms with Crippen LogP contribution in [-0.2, 0) is 22.8 Å². The largest absolute Gasteiger partial charge is 0.345 e. The van der Waals surface area contributed by atoms with E-state index in [1.54, 1.807) is 0 Å². The molecule has 1 aromatic heterocycles. The summed E-state index contributed by atoms with van der Waals surface area (Å²) in [5, 5.41) is 0. The standard InChI is InChI=1S/C18H32N4O2S/c1-4-5-6-18-19-9-15(20-18)11-22-8-7-21(10-14(2)3)16-12-25(23,24)13-17(16)22/h9,14,16-17H,4-8,10-13H2,1-3H3,(H,19,20)/t16-,17+/m0/s1. The predicted octanol–water partition coefficient (Wildman–Crippen LogP) is 1.69. The average molecular weight is 369 g/mol. The molecule has 0 aromatic carbocycles. The summed E-state index contributed by atoms with van der Waals surface area (Å²) < 4.78 is 24.6. The van der Waals surface area contributed by atoms with Crippen molar-refractivity contribution >= 4 is 9.84 Å². The number of aromatic amines is 1. The normalized spacial score (nSPS) is 27.0. The fourth-order valence-corrected chi connectivity index (χ4v) is 6.21. The third kappa shape index (κ3) is 4.63. The molecular weight excluding hydrogens is 336 g/mol. The number of aryl methyl sites for hydroxylation is 1. The van der Waals surface area contributed by atoms with Crippen LogP contribution in [0.1, 0.15) is 45.1 Å². The van der Waals surface area contributed by atoms with Gasteiger partial charge in [0.05, 0.1) is 11.5 Å². The van der Waals surface area contributed by atoms with Crippen LogP contribution in [0.5, 0.6) is 0 Å². The highest BCUT2D eigenvalue weighted by Crippen LogP contribution is 2.28. The number of hydrogen-bond acceptors (Lipinski definition) is 5. The van der Waals surface area contributed by atoms with Gasteiger partial charge in [-0.2, -0.15) is 0 Å². The minimum absolute atomic E-state index is 0.111. The Bertz CT molecular complexity index is 670. The van der Waals surface area contributed by atoms with E-state index in [2.05, 4.69) is 40.5 Å². The molecule has 0 bridgehead atoms. The van der Waals surface area contributed by atoms with Crippen molar-refractivity contribution in [2.75, 3.05) is 31.1 Å². The smallest absolute Gasteiger partial charge is 0.153 e. The quantitative estimate of drug-likeness (QED) is 0.793. The van der Waals surface area contributed by atoms with E-state index in [0.717, 1.165) is 57.0 Å². The van der Waals surface area contributed by atoms with Crippen LogP contribution < -0.4 is 0 Å². The number of H-pyrrole nitrogens is 1. The Morgan fingerprint density at radius 2 is 1.92 bits per heavy atom. The zero-order valence-electron chi connectivity index (χ0n) is 15.7. The Balaban J connectivity index is 1.69. The number of unbranched alkanes of at least 4 members (excludes halogenated alkanes) is 1. The molecule has 3 rings (SSSR count). The summed E-state index contributed by atoms with van der Waals surface area (Å²) in [6.07, 6.45) is 5.21. The molecule has 3 heterocycles. The lowest BCUT2D eigenvalue weighted by atomic mass is 10.0. The minimum Gasteiger partial charge on any atom is -0.345 e. The van der Waals surface area contributed by atoms with Crippen molar-refractivity contribution in [2.24, 2.45) is 5.92 Å². The average Bonchev–Trinajstić information content (AvgIpc) is 3.10. The van der Waals surface area contributed by atoms with Crippen molar-refractivity contribution in [2.45, 2.75) is 58.7 Å². The maximum absolute atomic E-state index is 12.3. The molecule has 7 heteroatoms. The van der Waals surface area contributed by atoms with Crippen LogP contribution in [0, 0.1) is 5.92 Å². The van der Waals surface area contributed by atoms with Crippen molar-refractivity contribution in [3.63, 3.8) is 0 Å². The van der Waals surface area contributed by atoms with Gasteiger partial charge in [-0.25, -0.2) is 13.4 Å². The molecule has 2 fully saturated rings. The number of imidazole rings is 1. The second kappa shape index (κ2) is 7.76. The van der Waals surface area contributed by atoms with E-state index < -0.39 is 9.84 Å². The monoisotopic (exact) mass is 368 g/mol. The van der Waals surface area contributed by atoms with Crippen LogP contribution in [0.3, 0.4) is 0 Å². The Kier molecular flexibility index (Phi) is 5.85. The van der Waals surface area contributed by atoms with E-state index in [1.165, 1.54) is 0 Å². The van der Waals surface area contributed by atoms with E-state index in [1.807, 2.05) is 6.20 Å². The first-order chi connectivity index (χ1) is 11.9. The number of hydrogen-bond donors (Lipinski definition) is 1. The van der Waals surface area contributed by atoms with E-state index in [4.69, 9.17) is 0 Å². The number of aromatic nitrogens is 2. The van der Waals surface area contributed by atoms with Gasteiger partial charge in [-0.3, -0.25) is 9.80 Å². The van der Waals surface area contributed by atoms with Crippen molar-refractivity contribution in [3.05, 3.63) is 17.7 Å². The highest BCUT2D eigenvalue weighted by atomic mass is 32.2. The summed E-state index contributed by atoms with van der Waals surface area (Å²) in [4.78, 5) is 12.6. The summed E-state index contributed by atoms with van der Waals surface area (Å²) >= 11 is 0. The maximum atomic E-state index is 12.3. The second-order valence-electron chi connectivity index (χ2n) is 8.03. The summed E-state index contributed by atoms with van der Waals surface area (Å²) in [5.41, 5.74) is 1.10. The SMILES string of the molecule is CCCCc1ncc(CN2CCN(CC(C)C)[C@H]3CS(=O)(=O)C[C@H]32)[nH]1. The fraction of sp³-hybridized carbons (Fsp3) is 0.833. The molecule has 2 atom stereocenters. The molecule has 1 N–H and O–H groups in total. The van der Waals surface area contributed by atoms with Gasteiger partial charge in [0.15, 0.2) is 9.84 Å². The number of nitrogens with one attached hydrogen (secondary N) is 1. The summed E-state index contributed by atoms with van der Waals surface area (Å²) in [6, 6.07) is 0.253. The van der Waals surface area contributed by atoms with Gasteiger partial charge in [-0.1, -0.05) is 27.2 Å². The molecule has 142 valence electrons. The molecule has 0 unspecified atom stereocenters. The third-order valence-electron chi connectivity index (χ3n) is 5.33. The number of piperazine rings is 1. The molecule has 25 heavy (non-hydrogen) atoms. The fourth-order valence-electron chi connectivity index (χ4n) is 4.16. The van der Waals surface area contributed by atoms with Crippen molar-refractivity contribution in [1.82, 2.24) is 19.8 Å². The molecule has 2 aliphatic rings. The van der Waals surface area contributed by atoms with E-state index in [9.17, 15) is 8.42 Å². The third-order valence-corrected chi connectivity index (χ3v) is 7.03. The highest BCUT2D eigenvalue weighted by Gasteiger charge is 2.46. The Morgan fingerprint density at radius 1 is 1.24 bits per heavy atom. The van der Waals surface area contributed by atoms with Gasteiger partial charge < -0.3 is 4.98 Å². The van der Waals surface area contributed by atoms with Crippen molar-refractivity contribution in [3.8, 4) is 0 Å². The summed E-state index contributed by atoms with van der Waals surface area (Å²) in [7, 11) is -2.94. The zero-order valence-corrected chi connectivity index (χ0v) is 16.6. The summed E-state index contributed by atoms with van der Waals surface area (Å²) in [5.74, 6) is 2.21. The highest BCUT2D eigenvalue weighted by molar-refractivity contribution is 7.91. The number of rotatable bonds is 7. The molecule has 0 spiro atoms.